The van der Waals surface area contributed by atoms with Crippen molar-refractivity contribution >= 4 is 52.3 Å². The smallest absolute Gasteiger partial charge is 0.238 e. The maximum atomic E-state index is 11.4. The molecule has 1 rings (SSSR count). The minimum Gasteiger partial charge on any atom is -0.302 e. The number of thiocarbonyl (C=S) groups is 1. The lowest BCUT2D eigenvalue weighted by molar-refractivity contribution is -0.135. The van der Waals surface area contributed by atoms with E-state index in [1.54, 1.807) is 6.08 Å². The van der Waals surface area contributed by atoms with Crippen LogP contribution in [0.5, 0.6) is 0 Å². The normalized spacial score (nSPS) is 16.8. The molecule has 0 aromatic carbocycles. The van der Waals surface area contributed by atoms with E-state index in [0.717, 1.165) is 0 Å². The molecular weight excluding hydrogens is 271 g/mol. The van der Waals surface area contributed by atoms with Crippen LogP contribution in [-0.4, -0.2) is 16.9 Å². The summed E-state index contributed by atoms with van der Waals surface area (Å²) in [5, 5.41) is 4.87. The van der Waals surface area contributed by atoms with Crippen molar-refractivity contribution in [1.82, 2.24) is 10.6 Å². The molecule has 1 heterocycles. The summed E-state index contributed by atoms with van der Waals surface area (Å²) in [6.45, 7) is 0. The molecule has 1 saturated heterocycles. The number of nitrogens with one attached hydrogen (secondary N) is 2. The largest absolute Gasteiger partial charge is 0.302 e. The zero-order valence-corrected chi connectivity index (χ0v) is 10.6. The van der Waals surface area contributed by atoms with Crippen molar-refractivity contribution in [3.63, 3.8) is 0 Å². The summed E-state index contributed by atoms with van der Waals surface area (Å²) >= 11 is 15.5. The molecule has 0 atom stereocenters. The van der Waals surface area contributed by atoms with Gasteiger partial charge in [0.15, 0.2) is 5.11 Å². The van der Waals surface area contributed by atoms with Gasteiger partial charge in [-0.2, -0.15) is 0 Å². The molecule has 2 N–H and O–H groups in total. The number of unbranched alkanes of at least 4 members (excludes halogenated alkanes) is 1. The van der Waals surface area contributed by atoms with E-state index < -0.39 is 5.92 Å². The molecule has 0 bridgehead atoms. The van der Waals surface area contributed by atoms with E-state index in [1.807, 2.05) is 0 Å². The molecule has 0 unspecified atom stereocenters. The number of hydrogen-bond donors (Lipinski definition) is 2. The van der Waals surface area contributed by atoms with Gasteiger partial charge in [0.2, 0.25) is 11.8 Å². The van der Waals surface area contributed by atoms with Crippen LogP contribution in [0.25, 0.3) is 0 Å². The maximum absolute atomic E-state index is 11.4. The van der Waals surface area contributed by atoms with Gasteiger partial charge in [0.05, 0.1) is 0 Å². The van der Waals surface area contributed by atoms with E-state index in [-0.39, 0.29) is 21.4 Å². The van der Waals surface area contributed by atoms with E-state index in [2.05, 4.69) is 22.9 Å². The lowest BCUT2D eigenvalue weighted by atomic mass is 9.99. The second-order valence-electron chi connectivity index (χ2n) is 3.28. The van der Waals surface area contributed by atoms with Gasteiger partial charge in [0, 0.05) is 0 Å². The molecule has 1 aliphatic rings. The number of carbonyl (C=O) groups excluding carboxylic acids is 2. The van der Waals surface area contributed by atoms with Gasteiger partial charge in [0.1, 0.15) is 10.4 Å². The highest BCUT2D eigenvalue weighted by Gasteiger charge is 2.31. The summed E-state index contributed by atoms with van der Waals surface area (Å²) in [6, 6.07) is 0. The fraction of sp³-hybridized carbons (Fsp3) is 0.444. The predicted octanol–water partition coefficient (Wildman–Crippen LogP) is 1.62. The quantitative estimate of drug-likeness (QED) is 0.468. The monoisotopic (exact) mass is 280 g/mol. The third-order valence-corrected chi connectivity index (χ3v) is 2.61. The van der Waals surface area contributed by atoms with Crippen LogP contribution < -0.4 is 10.6 Å². The molecule has 16 heavy (non-hydrogen) atoms. The van der Waals surface area contributed by atoms with E-state index in [9.17, 15) is 9.59 Å². The van der Waals surface area contributed by atoms with Crippen molar-refractivity contribution in [3.8, 4) is 0 Å². The van der Waals surface area contributed by atoms with Crippen LogP contribution in [0.2, 0.25) is 0 Å². The fourth-order valence-electron chi connectivity index (χ4n) is 1.34. The third kappa shape index (κ3) is 4.08. The average molecular weight is 281 g/mol. The van der Waals surface area contributed by atoms with Gasteiger partial charge in [-0.15, -0.1) is 0 Å². The lowest BCUT2D eigenvalue weighted by Gasteiger charge is -2.21. The summed E-state index contributed by atoms with van der Waals surface area (Å²) < 4.78 is 0.193. The van der Waals surface area contributed by atoms with Gasteiger partial charge in [-0.1, -0.05) is 29.3 Å². The number of halogens is 2. The Hall–Kier alpha value is -0.650. The van der Waals surface area contributed by atoms with Crippen LogP contribution in [0, 0.1) is 5.92 Å². The second kappa shape index (κ2) is 6.18. The molecule has 0 saturated carbocycles. The van der Waals surface area contributed by atoms with Crippen LogP contribution in [0.3, 0.4) is 0 Å². The van der Waals surface area contributed by atoms with Gasteiger partial charge < -0.3 is 10.6 Å². The highest BCUT2D eigenvalue weighted by molar-refractivity contribution is 7.80. The summed E-state index contributed by atoms with van der Waals surface area (Å²) in [7, 11) is 0. The van der Waals surface area contributed by atoms with Crippen molar-refractivity contribution in [1.29, 1.82) is 0 Å². The van der Waals surface area contributed by atoms with Gasteiger partial charge in [-0.25, -0.2) is 0 Å². The highest BCUT2D eigenvalue weighted by atomic mass is 35.5. The summed E-state index contributed by atoms with van der Waals surface area (Å²) in [4.78, 5) is 22.8. The average Bonchev–Trinajstić information content (AvgIpc) is 2.14. The molecule has 0 aromatic rings. The van der Waals surface area contributed by atoms with Crippen LogP contribution in [-0.2, 0) is 9.59 Å². The maximum Gasteiger partial charge on any atom is 0.238 e. The summed E-state index contributed by atoms with van der Waals surface area (Å²) in [5.41, 5.74) is 0. The molecule has 1 aliphatic heterocycles. The molecule has 0 radical (unpaired) electrons. The molecular formula is C9H10Cl2N2O2S. The van der Waals surface area contributed by atoms with Crippen molar-refractivity contribution in [2.75, 3.05) is 0 Å². The molecule has 2 amide bonds. The van der Waals surface area contributed by atoms with Crippen molar-refractivity contribution in [2.45, 2.75) is 19.3 Å². The minimum absolute atomic E-state index is 0.0648. The third-order valence-electron chi connectivity index (χ3n) is 2.10. The van der Waals surface area contributed by atoms with Crippen molar-refractivity contribution < 1.29 is 9.59 Å². The predicted molar refractivity (Wildman–Crippen MR) is 66.0 cm³/mol. The second-order valence-corrected chi connectivity index (χ2v) is 4.70. The number of allylic oxidation sites excluding steroid dienone is 1. The number of rotatable bonds is 4. The van der Waals surface area contributed by atoms with Crippen LogP contribution >= 0.6 is 35.4 Å². The number of carbonyl (C=O) groups is 2. The number of amides is 2. The molecule has 0 aliphatic carbocycles. The first-order valence-electron chi connectivity index (χ1n) is 4.67. The van der Waals surface area contributed by atoms with Gasteiger partial charge >= 0.3 is 0 Å². The lowest BCUT2D eigenvalue weighted by Crippen LogP contribution is -2.55. The van der Waals surface area contributed by atoms with E-state index in [1.165, 1.54) is 0 Å². The first-order chi connectivity index (χ1) is 7.50. The molecule has 88 valence electrons. The van der Waals surface area contributed by atoms with E-state index in [4.69, 9.17) is 23.2 Å². The SMILES string of the molecule is O=C1NC(=S)NC(=O)C1CCCC=C(Cl)Cl. The highest BCUT2D eigenvalue weighted by Crippen LogP contribution is 2.14. The van der Waals surface area contributed by atoms with Crippen LogP contribution in [0.4, 0.5) is 0 Å². The Labute approximate surface area is 108 Å². The van der Waals surface area contributed by atoms with Gasteiger partial charge in [-0.05, 0) is 31.5 Å². The topological polar surface area (TPSA) is 58.2 Å². The van der Waals surface area contributed by atoms with Gasteiger partial charge in [0.25, 0.3) is 0 Å². The standard InChI is InChI=1S/C9H10Cl2N2O2S/c10-6(11)4-2-1-3-5-7(14)12-9(16)13-8(5)15/h4-5H,1-3H2,(H2,12,13,14,15,16). The molecule has 7 heteroatoms. The molecule has 0 aromatic heterocycles. The van der Waals surface area contributed by atoms with Crippen LogP contribution in [0.15, 0.2) is 10.6 Å². The van der Waals surface area contributed by atoms with E-state index in [0.29, 0.717) is 19.3 Å². The Kier molecular flexibility index (Phi) is 5.18. The zero-order chi connectivity index (χ0) is 12.1. The van der Waals surface area contributed by atoms with E-state index >= 15 is 0 Å². The van der Waals surface area contributed by atoms with Gasteiger partial charge in [-0.3, -0.25) is 9.59 Å². The fourth-order valence-corrected chi connectivity index (χ4v) is 1.76. The Morgan fingerprint density at radius 1 is 1.31 bits per heavy atom. The Balaban J connectivity index is 2.41. The molecule has 0 spiro atoms. The number of hydrogen-bond acceptors (Lipinski definition) is 3. The minimum atomic E-state index is -0.686. The summed E-state index contributed by atoms with van der Waals surface area (Å²) in [5.74, 6) is -1.39. The Bertz CT molecular complexity index is 333. The Morgan fingerprint density at radius 3 is 2.38 bits per heavy atom. The summed E-state index contributed by atoms with van der Waals surface area (Å²) in [6.07, 6.45) is 3.36. The molecule has 1 fully saturated rings. The zero-order valence-electron chi connectivity index (χ0n) is 8.26. The van der Waals surface area contributed by atoms with Crippen molar-refractivity contribution in [3.05, 3.63) is 10.6 Å². The Morgan fingerprint density at radius 2 is 1.88 bits per heavy atom. The first kappa shape index (κ1) is 13.4. The van der Waals surface area contributed by atoms with Crippen LogP contribution in [0.1, 0.15) is 19.3 Å². The first-order valence-corrected chi connectivity index (χ1v) is 5.84. The molecule has 4 nitrogen and oxygen atoms in total. The van der Waals surface area contributed by atoms with Crippen molar-refractivity contribution in [2.24, 2.45) is 5.92 Å².